The Hall–Kier alpha value is -12.3. The van der Waals surface area contributed by atoms with E-state index in [1.807, 2.05) is 0 Å². The van der Waals surface area contributed by atoms with Crippen molar-refractivity contribution < 1.29 is 0 Å². The SMILES string of the molecule is CCCCCCCCC1(CCCCCCCC)c2ccccc2-c2ccc(-c3ccc(N(c4ccc(C(C)(C)C)cc4)c4ccc(C5(c6ccc7c(c6)c6cc(C8(c9ccc(N(c%10ccccc%10)c%10ccc(C(C)(C)C)cc%10)cc9)c9ccccc9-c9ccccc98)ccc6n7-c6ccc(C(C)(C)C)cc6)c6ccccc6-c6ccccc65)cc4)cc3)cc21. The second kappa shape index (κ2) is 33.1. The Morgan fingerprint density at radius 2 is 0.540 bits per heavy atom. The van der Waals surface area contributed by atoms with Crippen LogP contribution in [0.3, 0.4) is 0 Å². The van der Waals surface area contributed by atoms with Crippen molar-refractivity contribution in [3.05, 3.63) is 424 Å². The maximum absolute atomic E-state index is 2.62. The minimum Gasteiger partial charge on any atom is -0.311 e. The van der Waals surface area contributed by atoms with Gasteiger partial charge in [-0.1, -0.05) is 390 Å². The number of hydrogen-bond donors (Lipinski definition) is 0. The normalized spacial score (nSPS) is 13.9. The van der Waals surface area contributed by atoms with Crippen LogP contribution in [0.5, 0.6) is 0 Å². The number of para-hydroxylation sites is 1. The fraction of sp³-hybridized carbons (Fsp3) is 0.256. The van der Waals surface area contributed by atoms with Crippen molar-refractivity contribution in [2.75, 3.05) is 9.80 Å². The zero-order chi connectivity index (χ0) is 85.1. The fourth-order valence-corrected chi connectivity index (χ4v) is 21.9. The Balaban J connectivity index is 0.758. The van der Waals surface area contributed by atoms with Gasteiger partial charge in [0.05, 0.1) is 21.9 Å². The summed E-state index contributed by atoms with van der Waals surface area (Å²) < 4.78 is 2.53. The molecule has 0 unspecified atom stereocenters. The lowest BCUT2D eigenvalue weighted by atomic mass is 9.67. The first-order valence-corrected chi connectivity index (χ1v) is 46.3. The van der Waals surface area contributed by atoms with E-state index in [1.54, 1.807) is 11.1 Å². The van der Waals surface area contributed by atoms with Gasteiger partial charge in [-0.05, 0) is 261 Å². The van der Waals surface area contributed by atoms with Gasteiger partial charge in [0.25, 0.3) is 0 Å². The first-order chi connectivity index (χ1) is 60.3. The summed E-state index contributed by atoms with van der Waals surface area (Å²) in [6.07, 6.45) is 18.1. The minimum absolute atomic E-state index is 0.00205. The lowest BCUT2D eigenvalue weighted by Crippen LogP contribution is -2.28. The predicted octanol–water partition coefficient (Wildman–Crippen LogP) is 33.8. The number of anilines is 6. The molecule has 0 atom stereocenters. The number of fused-ring (bicyclic) bond motifs is 12. The second-order valence-electron chi connectivity index (χ2n) is 38.9. The Kier molecular flexibility index (Phi) is 21.7. The molecule has 16 aromatic rings. The van der Waals surface area contributed by atoms with Gasteiger partial charge in [-0.15, -0.1) is 0 Å². The van der Waals surface area contributed by atoms with E-state index in [0.29, 0.717) is 0 Å². The number of aromatic nitrogens is 1. The summed E-state index contributed by atoms with van der Waals surface area (Å²) in [6, 6.07) is 136. The average molecular weight is 1620 g/mol. The Bertz CT molecular complexity index is 6430. The molecule has 3 aliphatic carbocycles. The van der Waals surface area contributed by atoms with Crippen LogP contribution in [0.2, 0.25) is 0 Å². The van der Waals surface area contributed by atoms with Crippen molar-refractivity contribution >= 4 is 55.9 Å². The molecule has 1 aromatic heterocycles. The number of rotatable bonds is 26. The van der Waals surface area contributed by atoms with Crippen molar-refractivity contribution in [2.24, 2.45) is 0 Å². The third-order valence-corrected chi connectivity index (χ3v) is 28.3. The maximum Gasteiger partial charge on any atom is 0.0713 e. The zero-order valence-corrected chi connectivity index (χ0v) is 74.7. The summed E-state index contributed by atoms with van der Waals surface area (Å²) in [6.45, 7) is 25.4. The van der Waals surface area contributed by atoms with Gasteiger partial charge < -0.3 is 14.4 Å². The lowest BCUT2D eigenvalue weighted by Gasteiger charge is -2.35. The summed E-state index contributed by atoms with van der Waals surface area (Å²) in [5.41, 5.74) is 36.1. The smallest absolute Gasteiger partial charge is 0.0713 e. The van der Waals surface area contributed by atoms with Crippen LogP contribution in [0.4, 0.5) is 34.1 Å². The molecule has 0 amide bonds. The van der Waals surface area contributed by atoms with Crippen LogP contribution < -0.4 is 9.80 Å². The lowest BCUT2D eigenvalue weighted by molar-refractivity contribution is 0.398. The van der Waals surface area contributed by atoms with Crippen molar-refractivity contribution in [3.8, 4) is 50.2 Å². The molecule has 0 N–H and O–H groups in total. The van der Waals surface area contributed by atoms with Crippen molar-refractivity contribution in [2.45, 2.75) is 199 Å². The first kappa shape index (κ1) is 81.4. The molecule has 0 saturated carbocycles. The van der Waals surface area contributed by atoms with E-state index in [0.717, 1.165) is 50.8 Å². The van der Waals surface area contributed by atoms with Crippen LogP contribution in [0.15, 0.2) is 352 Å². The third-order valence-electron chi connectivity index (χ3n) is 28.3. The number of benzene rings is 15. The number of nitrogens with zero attached hydrogens (tertiary/aromatic N) is 3. The van der Waals surface area contributed by atoms with Gasteiger partial charge in [0.2, 0.25) is 0 Å². The zero-order valence-electron chi connectivity index (χ0n) is 74.7. The topological polar surface area (TPSA) is 11.4 Å². The number of unbranched alkanes of at least 4 members (excludes halogenated alkanes) is 10. The van der Waals surface area contributed by atoms with E-state index in [2.05, 4.69) is 442 Å². The Morgan fingerprint density at radius 3 is 0.927 bits per heavy atom. The van der Waals surface area contributed by atoms with Gasteiger partial charge in [-0.3, -0.25) is 0 Å². The molecule has 3 heteroatoms. The first-order valence-electron chi connectivity index (χ1n) is 46.3. The molecule has 0 spiro atoms. The van der Waals surface area contributed by atoms with Crippen LogP contribution in [0, 0.1) is 0 Å². The largest absolute Gasteiger partial charge is 0.311 e. The van der Waals surface area contributed by atoms with Crippen molar-refractivity contribution in [1.82, 2.24) is 4.57 Å². The van der Waals surface area contributed by atoms with Crippen LogP contribution in [0.1, 0.15) is 238 Å². The quantitative estimate of drug-likeness (QED) is 0.0501. The standard InChI is InChI=1S/C121H119N3/c1-12-14-16-18-20-35-79-119(80-36-21-19-17-15-13-2)108-44-30-25-39-100(108)105-76-51-85(81-113(105)119)84-49-64-94(65-50-84)123(96-68-54-87(55-69-96)117(6,7)8)98-74-60-90(61-75-98)121(111-47-33-28-42-103(111)104-43-29-34-48-112(104)121)92-63-78-115-107(83-92)106-82-91(62-77-114(106)124(115)99-70-56-88(57-71-99)118(9,10)11)120(109-45-31-26-40-101(109)102-41-27-32-46-110(102)120)89-58-72-97(73-59-89)122(93-37-23-22-24-38-93)95-66-52-86(53-67-95)116(3,4)5/h22-34,37-78,81-83H,12-21,35-36,79-80H2,1-11H3. The summed E-state index contributed by atoms with van der Waals surface area (Å²) in [5.74, 6) is 0. The Labute approximate surface area is 738 Å². The summed E-state index contributed by atoms with van der Waals surface area (Å²) in [7, 11) is 0. The highest BCUT2D eigenvalue weighted by molar-refractivity contribution is 6.11. The fourth-order valence-electron chi connectivity index (χ4n) is 21.9. The molecule has 124 heavy (non-hydrogen) atoms. The predicted molar refractivity (Wildman–Crippen MR) is 528 cm³/mol. The van der Waals surface area contributed by atoms with E-state index < -0.39 is 10.8 Å². The van der Waals surface area contributed by atoms with Crippen molar-refractivity contribution in [1.29, 1.82) is 0 Å². The molecular weight excluding hydrogens is 1500 g/mol. The molecule has 1 heterocycles. The van der Waals surface area contributed by atoms with Gasteiger partial charge in [0.1, 0.15) is 0 Å². The monoisotopic (exact) mass is 1610 g/mol. The van der Waals surface area contributed by atoms with E-state index in [9.17, 15) is 0 Å². The van der Waals surface area contributed by atoms with Gasteiger partial charge >= 0.3 is 0 Å². The number of hydrogen-bond acceptors (Lipinski definition) is 2. The molecule has 3 nitrogen and oxygen atoms in total. The van der Waals surface area contributed by atoms with E-state index in [1.165, 1.54) is 206 Å². The molecule has 19 rings (SSSR count). The highest BCUT2D eigenvalue weighted by atomic mass is 15.1. The van der Waals surface area contributed by atoms with Gasteiger partial charge in [-0.25, -0.2) is 0 Å². The van der Waals surface area contributed by atoms with Crippen molar-refractivity contribution in [3.63, 3.8) is 0 Å². The molecule has 0 bridgehead atoms. The highest BCUT2D eigenvalue weighted by Crippen LogP contribution is 2.61. The summed E-state index contributed by atoms with van der Waals surface area (Å²) in [5, 5.41) is 2.40. The third kappa shape index (κ3) is 14.2. The maximum atomic E-state index is 2.62. The molecule has 15 aromatic carbocycles. The van der Waals surface area contributed by atoms with Crippen LogP contribution in [-0.4, -0.2) is 4.57 Å². The molecule has 0 radical (unpaired) electrons. The second-order valence-corrected chi connectivity index (χ2v) is 38.9. The van der Waals surface area contributed by atoms with E-state index in [-0.39, 0.29) is 21.7 Å². The molecule has 3 aliphatic rings. The van der Waals surface area contributed by atoms with E-state index in [4.69, 9.17) is 0 Å². The molecule has 0 fully saturated rings. The van der Waals surface area contributed by atoms with Crippen LogP contribution in [-0.2, 0) is 32.5 Å². The highest BCUT2D eigenvalue weighted by Gasteiger charge is 2.49. The summed E-state index contributed by atoms with van der Waals surface area (Å²) >= 11 is 0. The van der Waals surface area contributed by atoms with Gasteiger partial charge in [0, 0.05) is 56.0 Å². The van der Waals surface area contributed by atoms with Gasteiger partial charge in [-0.2, -0.15) is 0 Å². The molecular formula is C121H119N3. The average Bonchev–Trinajstić information content (AvgIpc) is 1.52. The van der Waals surface area contributed by atoms with Crippen LogP contribution >= 0.6 is 0 Å². The van der Waals surface area contributed by atoms with Crippen LogP contribution in [0.25, 0.3) is 72.0 Å². The molecule has 0 aliphatic heterocycles. The minimum atomic E-state index is -0.728. The Morgan fingerprint density at radius 1 is 0.242 bits per heavy atom. The van der Waals surface area contributed by atoms with E-state index >= 15 is 0 Å². The van der Waals surface area contributed by atoms with Gasteiger partial charge in [0.15, 0.2) is 0 Å². The summed E-state index contributed by atoms with van der Waals surface area (Å²) in [4.78, 5) is 4.88. The molecule has 0 saturated heterocycles. The molecule has 618 valence electrons.